The van der Waals surface area contributed by atoms with E-state index in [1.165, 1.54) is 6.20 Å². The predicted octanol–water partition coefficient (Wildman–Crippen LogP) is 3.94. The van der Waals surface area contributed by atoms with Crippen LogP contribution in [0.25, 0.3) is 33.5 Å². The molecule has 10 heteroatoms. The molecule has 0 aliphatic carbocycles. The summed E-state index contributed by atoms with van der Waals surface area (Å²) in [4.78, 5) is 30.2. The van der Waals surface area contributed by atoms with Gasteiger partial charge >= 0.3 is 5.97 Å². The van der Waals surface area contributed by atoms with Gasteiger partial charge in [0.25, 0.3) is 0 Å². The number of aromatic nitrogens is 6. The number of rotatable bonds is 4. The molecule has 4 heterocycles. The number of nitrogens with zero attached hydrogens (tertiary/aromatic N) is 6. The molecule has 5 rings (SSSR count). The lowest BCUT2D eigenvalue weighted by Crippen LogP contribution is -2.16. The molecule has 0 atom stereocenters. The average Bonchev–Trinajstić information content (AvgIpc) is 3.25. The Morgan fingerprint density at radius 2 is 1.94 bits per heavy atom. The highest BCUT2D eigenvalue weighted by molar-refractivity contribution is 6.35. The summed E-state index contributed by atoms with van der Waals surface area (Å²) in [5.74, 6) is -0.573. The van der Waals surface area contributed by atoms with E-state index in [4.69, 9.17) is 22.1 Å². The highest BCUT2D eigenvalue weighted by Gasteiger charge is 2.23. The number of nitrogen functional groups attached to an aromatic ring is 1. The Labute approximate surface area is 192 Å². The van der Waals surface area contributed by atoms with Gasteiger partial charge in [-0.3, -0.25) is 14.6 Å². The molecule has 2 N–H and O–H groups in total. The van der Waals surface area contributed by atoms with Crippen molar-refractivity contribution in [3.63, 3.8) is 0 Å². The fraction of sp³-hybridized carbons (Fsp3) is 0.0435. The van der Waals surface area contributed by atoms with Crippen molar-refractivity contribution in [1.29, 1.82) is 0 Å². The minimum absolute atomic E-state index is 0.0816. The van der Waals surface area contributed by atoms with E-state index in [0.717, 1.165) is 5.39 Å². The monoisotopic (exact) mass is 457 g/mol. The molecule has 0 aliphatic heterocycles. The molecule has 0 spiro atoms. The van der Waals surface area contributed by atoms with Gasteiger partial charge in [0.05, 0.1) is 22.4 Å². The standard InChI is InChI=1S/C23H16ClN7O2/c1-31-9-6-17(30-31)20-19(14-10-13-4-2-8-27-18(13)16(24)11-14)28-21(22(25)29-20)23(32)33-15-5-3-7-26-12-15/h2-12H,1H3,(H2,25,29). The smallest absolute Gasteiger partial charge is 0.366 e. The Morgan fingerprint density at radius 1 is 1.09 bits per heavy atom. The van der Waals surface area contributed by atoms with E-state index in [0.29, 0.717) is 33.2 Å². The first-order valence-electron chi connectivity index (χ1n) is 9.84. The molecule has 0 radical (unpaired) electrons. The number of hydrogen-bond donors (Lipinski definition) is 1. The average molecular weight is 458 g/mol. The number of anilines is 1. The highest BCUT2D eigenvalue weighted by atomic mass is 35.5. The van der Waals surface area contributed by atoms with E-state index in [-0.39, 0.29) is 17.3 Å². The zero-order chi connectivity index (χ0) is 22.9. The van der Waals surface area contributed by atoms with Gasteiger partial charge in [-0.2, -0.15) is 5.10 Å². The first-order chi connectivity index (χ1) is 16.0. The maximum Gasteiger partial charge on any atom is 0.366 e. The van der Waals surface area contributed by atoms with Crippen molar-refractivity contribution in [2.45, 2.75) is 0 Å². The normalized spacial score (nSPS) is 11.0. The predicted molar refractivity (Wildman–Crippen MR) is 124 cm³/mol. The summed E-state index contributed by atoms with van der Waals surface area (Å²) in [5, 5.41) is 5.67. The van der Waals surface area contributed by atoms with E-state index in [9.17, 15) is 4.79 Å². The fourth-order valence-electron chi connectivity index (χ4n) is 3.37. The Balaban J connectivity index is 1.69. The second-order valence-corrected chi connectivity index (χ2v) is 7.55. The summed E-state index contributed by atoms with van der Waals surface area (Å²) in [6.45, 7) is 0. The molecule has 4 aromatic heterocycles. The van der Waals surface area contributed by atoms with Crippen molar-refractivity contribution in [2.75, 3.05) is 5.73 Å². The number of fused-ring (bicyclic) bond motifs is 1. The van der Waals surface area contributed by atoms with E-state index in [2.05, 4.69) is 25.0 Å². The molecule has 0 unspecified atom stereocenters. The van der Waals surface area contributed by atoms with E-state index >= 15 is 0 Å². The largest absolute Gasteiger partial charge is 0.420 e. The molecular formula is C23H16ClN7O2. The van der Waals surface area contributed by atoms with Crippen LogP contribution in [0.4, 0.5) is 5.82 Å². The molecule has 0 saturated heterocycles. The number of esters is 1. The van der Waals surface area contributed by atoms with E-state index < -0.39 is 5.97 Å². The van der Waals surface area contributed by atoms with Gasteiger partial charge in [0.15, 0.2) is 11.5 Å². The Morgan fingerprint density at radius 3 is 2.70 bits per heavy atom. The van der Waals surface area contributed by atoms with Gasteiger partial charge in [-0.1, -0.05) is 17.7 Å². The number of hydrogen-bond acceptors (Lipinski definition) is 8. The minimum atomic E-state index is -0.754. The Bertz CT molecular complexity index is 1500. The van der Waals surface area contributed by atoms with Crippen LogP contribution in [0.5, 0.6) is 5.75 Å². The molecule has 0 saturated carbocycles. The van der Waals surface area contributed by atoms with Crippen LogP contribution in [-0.2, 0) is 7.05 Å². The summed E-state index contributed by atoms with van der Waals surface area (Å²) in [7, 11) is 1.79. The van der Waals surface area contributed by atoms with Gasteiger partial charge in [-0.15, -0.1) is 0 Å². The van der Waals surface area contributed by atoms with Crippen molar-refractivity contribution < 1.29 is 9.53 Å². The van der Waals surface area contributed by atoms with Crippen molar-refractivity contribution in [1.82, 2.24) is 29.7 Å². The van der Waals surface area contributed by atoms with Crippen molar-refractivity contribution in [3.05, 3.63) is 78.0 Å². The first-order valence-corrected chi connectivity index (χ1v) is 10.2. The SMILES string of the molecule is Cn1ccc(-c2nc(N)c(C(=O)Oc3cccnc3)nc2-c2cc(Cl)c3ncccc3c2)n1. The summed E-state index contributed by atoms with van der Waals surface area (Å²) in [6, 6.07) is 12.3. The zero-order valence-corrected chi connectivity index (χ0v) is 18.1. The van der Waals surface area contributed by atoms with Crippen LogP contribution < -0.4 is 10.5 Å². The van der Waals surface area contributed by atoms with Gasteiger partial charge in [-0.25, -0.2) is 14.8 Å². The molecule has 33 heavy (non-hydrogen) atoms. The number of carbonyl (C=O) groups is 1. The van der Waals surface area contributed by atoms with Crippen LogP contribution in [0.15, 0.2) is 67.3 Å². The second-order valence-electron chi connectivity index (χ2n) is 7.14. The van der Waals surface area contributed by atoms with Crippen molar-refractivity contribution in [3.8, 4) is 28.4 Å². The molecule has 0 bridgehead atoms. The third-order valence-electron chi connectivity index (χ3n) is 4.85. The number of pyridine rings is 2. The summed E-state index contributed by atoms with van der Waals surface area (Å²) >= 11 is 6.50. The number of ether oxygens (including phenoxy) is 1. The molecule has 162 valence electrons. The van der Waals surface area contributed by atoms with Crippen molar-refractivity contribution in [2.24, 2.45) is 7.05 Å². The number of halogens is 1. The minimum Gasteiger partial charge on any atom is -0.420 e. The van der Waals surface area contributed by atoms with Gasteiger partial charge in [-0.05, 0) is 36.4 Å². The summed E-state index contributed by atoms with van der Waals surface area (Å²) in [6.07, 6.45) is 6.44. The van der Waals surface area contributed by atoms with E-state index in [1.54, 1.807) is 54.6 Å². The first kappa shape index (κ1) is 20.5. The van der Waals surface area contributed by atoms with E-state index in [1.807, 2.05) is 18.2 Å². The lowest BCUT2D eigenvalue weighted by Gasteiger charge is -2.12. The molecule has 0 fully saturated rings. The topological polar surface area (TPSA) is 122 Å². The van der Waals surface area contributed by atoms with Gasteiger partial charge in [0.1, 0.15) is 17.1 Å². The van der Waals surface area contributed by atoms with Crippen LogP contribution in [0.1, 0.15) is 10.5 Å². The second kappa shape index (κ2) is 8.29. The molecule has 0 amide bonds. The number of benzene rings is 1. The number of carbonyl (C=O) groups excluding carboxylic acids is 1. The van der Waals surface area contributed by atoms with Crippen LogP contribution in [0.3, 0.4) is 0 Å². The third kappa shape index (κ3) is 3.97. The van der Waals surface area contributed by atoms with Crippen molar-refractivity contribution >= 4 is 34.3 Å². The summed E-state index contributed by atoms with van der Waals surface area (Å²) in [5.41, 5.74) is 8.61. The fourth-order valence-corrected chi connectivity index (χ4v) is 3.64. The molecule has 9 nitrogen and oxygen atoms in total. The van der Waals surface area contributed by atoms with Gasteiger partial charge in [0.2, 0.25) is 0 Å². The quantitative estimate of drug-likeness (QED) is 0.402. The zero-order valence-electron chi connectivity index (χ0n) is 17.3. The number of aryl methyl sites for hydroxylation is 1. The molecular weight excluding hydrogens is 442 g/mol. The lowest BCUT2D eigenvalue weighted by atomic mass is 10.0. The van der Waals surface area contributed by atoms with Crippen LogP contribution in [-0.4, -0.2) is 35.7 Å². The molecule has 1 aromatic carbocycles. The molecule has 5 aromatic rings. The third-order valence-corrected chi connectivity index (χ3v) is 5.14. The maximum atomic E-state index is 12.9. The van der Waals surface area contributed by atoms with Gasteiger partial charge < -0.3 is 10.5 Å². The van der Waals surface area contributed by atoms with Crippen LogP contribution in [0, 0.1) is 0 Å². The lowest BCUT2D eigenvalue weighted by molar-refractivity contribution is 0.0729. The van der Waals surface area contributed by atoms with Gasteiger partial charge in [0, 0.05) is 36.6 Å². The Hall–Kier alpha value is -4.37. The maximum absolute atomic E-state index is 12.9. The highest BCUT2D eigenvalue weighted by Crippen LogP contribution is 2.34. The van der Waals surface area contributed by atoms with Crippen LogP contribution in [0.2, 0.25) is 5.02 Å². The molecule has 0 aliphatic rings. The van der Waals surface area contributed by atoms with Crippen LogP contribution >= 0.6 is 11.6 Å². The number of nitrogens with two attached hydrogens (primary N) is 1. The summed E-state index contributed by atoms with van der Waals surface area (Å²) < 4.78 is 7.01. The Kier molecular flexibility index (Phi) is 5.15.